The summed E-state index contributed by atoms with van der Waals surface area (Å²) in [6.07, 6.45) is 2.82. The molecule has 0 aromatic carbocycles. The fourth-order valence-corrected chi connectivity index (χ4v) is 1.47. The Morgan fingerprint density at radius 3 is 2.69 bits per heavy atom. The van der Waals surface area contributed by atoms with Crippen LogP contribution >= 0.6 is 0 Å². The largest absolute Gasteiger partial charge is 0.271 e. The van der Waals surface area contributed by atoms with Crippen LogP contribution in [0.25, 0.3) is 0 Å². The summed E-state index contributed by atoms with van der Waals surface area (Å²) < 4.78 is 1.85. The van der Waals surface area contributed by atoms with Crippen LogP contribution in [-0.4, -0.2) is 9.78 Å². The van der Waals surface area contributed by atoms with Crippen molar-refractivity contribution in [1.82, 2.24) is 15.2 Å². The van der Waals surface area contributed by atoms with Gasteiger partial charge in [0.25, 0.3) is 0 Å². The highest BCUT2D eigenvalue weighted by molar-refractivity contribution is 5.06. The number of nitrogens with zero attached hydrogens (tertiary/aromatic N) is 2. The van der Waals surface area contributed by atoms with E-state index in [0.29, 0.717) is 5.92 Å². The zero-order chi connectivity index (χ0) is 9.84. The molecule has 1 rings (SSSR count). The molecule has 0 saturated heterocycles. The van der Waals surface area contributed by atoms with Crippen molar-refractivity contribution in [1.29, 1.82) is 0 Å². The minimum atomic E-state index is 0.201. The minimum Gasteiger partial charge on any atom is -0.271 e. The summed E-state index contributed by atoms with van der Waals surface area (Å²) in [6, 6.07) is 2.19. The number of hydrazine groups is 1. The van der Waals surface area contributed by atoms with E-state index in [9.17, 15) is 0 Å². The summed E-state index contributed by atoms with van der Waals surface area (Å²) in [5.74, 6) is 6.11. The van der Waals surface area contributed by atoms with Crippen molar-refractivity contribution >= 4 is 0 Å². The highest BCUT2D eigenvalue weighted by Crippen LogP contribution is 2.18. The lowest BCUT2D eigenvalue weighted by Crippen LogP contribution is -2.30. The third-order valence-electron chi connectivity index (χ3n) is 2.12. The molecule has 1 aromatic rings. The number of rotatable bonds is 4. The molecule has 0 amide bonds. The molecule has 0 spiro atoms. The second-order valence-corrected chi connectivity index (χ2v) is 3.73. The van der Waals surface area contributed by atoms with Gasteiger partial charge in [0.15, 0.2) is 0 Å². The summed E-state index contributed by atoms with van der Waals surface area (Å²) in [4.78, 5) is 0. The Morgan fingerprint density at radius 2 is 2.31 bits per heavy atom. The maximum Gasteiger partial charge on any atom is 0.0631 e. The standard InChI is InChI=1S/C9H18N4/c1-7(2)6-8(12-10)9-4-5-11-13(9)3/h4-5,7-8,12H,6,10H2,1-3H3. The second kappa shape index (κ2) is 4.39. The Hall–Kier alpha value is -0.870. The van der Waals surface area contributed by atoms with Gasteiger partial charge in [0, 0.05) is 13.2 Å². The van der Waals surface area contributed by atoms with Crippen molar-refractivity contribution in [2.75, 3.05) is 0 Å². The summed E-state index contributed by atoms with van der Waals surface area (Å²) in [6.45, 7) is 4.36. The lowest BCUT2D eigenvalue weighted by atomic mass is 10.0. The maximum absolute atomic E-state index is 5.49. The van der Waals surface area contributed by atoms with Gasteiger partial charge in [0.2, 0.25) is 0 Å². The molecule has 1 unspecified atom stereocenters. The van der Waals surface area contributed by atoms with Gasteiger partial charge in [-0.3, -0.25) is 16.0 Å². The van der Waals surface area contributed by atoms with Crippen LogP contribution in [0.15, 0.2) is 12.3 Å². The lowest BCUT2D eigenvalue weighted by Gasteiger charge is -2.17. The summed E-state index contributed by atoms with van der Waals surface area (Å²) in [7, 11) is 1.93. The van der Waals surface area contributed by atoms with E-state index < -0.39 is 0 Å². The van der Waals surface area contributed by atoms with Gasteiger partial charge in [-0.2, -0.15) is 5.10 Å². The fraction of sp³-hybridized carbons (Fsp3) is 0.667. The zero-order valence-electron chi connectivity index (χ0n) is 8.49. The predicted molar refractivity (Wildman–Crippen MR) is 52.7 cm³/mol. The molecule has 13 heavy (non-hydrogen) atoms. The Kier molecular flexibility index (Phi) is 3.45. The normalized spacial score (nSPS) is 13.6. The van der Waals surface area contributed by atoms with Gasteiger partial charge in [-0.15, -0.1) is 0 Å². The number of aromatic nitrogens is 2. The highest BCUT2D eigenvalue weighted by atomic mass is 15.3. The molecule has 0 radical (unpaired) electrons. The SMILES string of the molecule is CC(C)CC(NN)c1ccnn1C. The van der Waals surface area contributed by atoms with Crippen LogP contribution in [-0.2, 0) is 7.05 Å². The second-order valence-electron chi connectivity index (χ2n) is 3.73. The first-order valence-electron chi connectivity index (χ1n) is 4.59. The molecule has 74 valence electrons. The molecule has 0 aliphatic carbocycles. The summed E-state index contributed by atoms with van der Waals surface area (Å²) >= 11 is 0. The Morgan fingerprint density at radius 1 is 1.62 bits per heavy atom. The summed E-state index contributed by atoms with van der Waals surface area (Å²) in [5, 5.41) is 4.11. The van der Waals surface area contributed by atoms with Crippen LogP contribution in [0.3, 0.4) is 0 Å². The molecule has 4 nitrogen and oxygen atoms in total. The van der Waals surface area contributed by atoms with Crippen molar-refractivity contribution in [3.63, 3.8) is 0 Å². The smallest absolute Gasteiger partial charge is 0.0631 e. The molecule has 1 heterocycles. The van der Waals surface area contributed by atoms with E-state index >= 15 is 0 Å². The van der Waals surface area contributed by atoms with E-state index in [0.717, 1.165) is 12.1 Å². The Labute approximate surface area is 79.1 Å². The topological polar surface area (TPSA) is 55.9 Å². The first-order chi connectivity index (χ1) is 6.15. The van der Waals surface area contributed by atoms with E-state index in [1.165, 1.54) is 0 Å². The predicted octanol–water partition coefficient (Wildman–Crippen LogP) is 0.971. The lowest BCUT2D eigenvalue weighted by molar-refractivity contribution is 0.417. The molecular weight excluding hydrogens is 164 g/mol. The average molecular weight is 182 g/mol. The van der Waals surface area contributed by atoms with E-state index in [4.69, 9.17) is 5.84 Å². The van der Waals surface area contributed by atoms with Gasteiger partial charge in [-0.1, -0.05) is 13.8 Å². The van der Waals surface area contributed by atoms with E-state index in [2.05, 4.69) is 24.4 Å². The molecule has 0 saturated carbocycles. The van der Waals surface area contributed by atoms with Gasteiger partial charge in [0.05, 0.1) is 11.7 Å². The van der Waals surface area contributed by atoms with E-state index in [1.54, 1.807) is 6.20 Å². The van der Waals surface area contributed by atoms with Gasteiger partial charge in [-0.25, -0.2) is 0 Å². The molecular formula is C9H18N4. The first-order valence-corrected chi connectivity index (χ1v) is 4.59. The molecule has 0 aliphatic rings. The number of nitrogens with two attached hydrogens (primary N) is 1. The average Bonchev–Trinajstić information content (AvgIpc) is 2.47. The molecule has 1 aromatic heterocycles. The number of hydrogen-bond donors (Lipinski definition) is 2. The first kappa shape index (κ1) is 10.2. The monoisotopic (exact) mass is 182 g/mol. The third-order valence-corrected chi connectivity index (χ3v) is 2.12. The van der Waals surface area contributed by atoms with Crippen LogP contribution < -0.4 is 11.3 Å². The molecule has 4 heteroatoms. The van der Waals surface area contributed by atoms with Crippen molar-refractivity contribution < 1.29 is 0 Å². The maximum atomic E-state index is 5.49. The van der Waals surface area contributed by atoms with Crippen LogP contribution in [0.5, 0.6) is 0 Å². The van der Waals surface area contributed by atoms with Crippen LogP contribution in [0.1, 0.15) is 32.0 Å². The van der Waals surface area contributed by atoms with Crippen molar-refractivity contribution in [2.45, 2.75) is 26.3 Å². The highest BCUT2D eigenvalue weighted by Gasteiger charge is 2.14. The van der Waals surface area contributed by atoms with Crippen LogP contribution in [0.2, 0.25) is 0 Å². The number of nitrogens with one attached hydrogen (secondary N) is 1. The number of aryl methyl sites for hydroxylation is 1. The minimum absolute atomic E-state index is 0.201. The van der Waals surface area contributed by atoms with Gasteiger partial charge in [0.1, 0.15) is 0 Å². The molecule has 0 fully saturated rings. The van der Waals surface area contributed by atoms with Crippen molar-refractivity contribution in [3.05, 3.63) is 18.0 Å². The van der Waals surface area contributed by atoms with E-state index in [-0.39, 0.29) is 6.04 Å². The molecule has 0 aliphatic heterocycles. The third kappa shape index (κ3) is 2.54. The van der Waals surface area contributed by atoms with Gasteiger partial charge < -0.3 is 0 Å². The quantitative estimate of drug-likeness (QED) is 0.539. The van der Waals surface area contributed by atoms with Crippen molar-refractivity contribution in [2.24, 2.45) is 18.8 Å². The molecule has 3 N–H and O–H groups in total. The van der Waals surface area contributed by atoms with Crippen LogP contribution in [0, 0.1) is 5.92 Å². The fourth-order valence-electron chi connectivity index (χ4n) is 1.47. The number of hydrogen-bond acceptors (Lipinski definition) is 3. The van der Waals surface area contributed by atoms with Gasteiger partial charge in [-0.05, 0) is 18.4 Å². The van der Waals surface area contributed by atoms with Crippen molar-refractivity contribution in [3.8, 4) is 0 Å². The van der Waals surface area contributed by atoms with E-state index in [1.807, 2.05) is 17.8 Å². The molecule has 0 bridgehead atoms. The molecule has 1 atom stereocenters. The zero-order valence-corrected chi connectivity index (χ0v) is 8.49. The summed E-state index contributed by atoms with van der Waals surface area (Å²) in [5.41, 5.74) is 3.95. The Balaban J connectivity index is 2.72. The van der Waals surface area contributed by atoms with Crippen LogP contribution in [0.4, 0.5) is 0 Å². The Bertz CT molecular complexity index is 254. The van der Waals surface area contributed by atoms with Gasteiger partial charge >= 0.3 is 0 Å².